The van der Waals surface area contributed by atoms with Crippen LogP contribution in [0.25, 0.3) is 11.1 Å². The number of nitrogens with zero attached hydrogens (tertiary/aromatic N) is 1. The van der Waals surface area contributed by atoms with E-state index in [1.807, 2.05) is 13.0 Å². The summed E-state index contributed by atoms with van der Waals surface area (Å²) in [4.78, 5) is 11.0. The number of aryl methyl sites for hydroxylation is 2. The Morgan fingerprint density at radius 2 is 1.59 bits per heavy atom. The Morgan fingerprint density at radius 3 is 2.26 bits per heavy atom. The highest BCUT2D eigenvalue weighted by Gasteiger charge is 2.18. The van der Waals surface area contributed by atoms with Crippen molar-refractivity contribution in [3.05, 3.63) is 88.0 Å². The molecule has 0 spiro atoms. The van der Waals surface area contributed by atoms with Crippen LogP contribution in [-0.2, 0) is 10.0 Å². The van der Waals surface area contributed by atoms with Gasteiger partial charge in [-0.15, -0.1) is 0 Å². The largest absolute Gasteiger partial charge is 0.280 e. The van der Waals surface area contributed by atoms with Gasteiger partial charge in [-0.1, -0.05) is 36.4 Å². The highest BCUT2D eigenvalue weighted by molar-refractivity contribution is 7.92. The molecule has 1 N–H and O–H groups in total. The summed E-state index contributed by atoms with van der Waals surface area (Å²) in [5.41, 5.74) is 3.01. The molecule has 6 nitrogen and oxygen atoms in total. The van der Waals surface area contributed by atoms with Crippen LogP contribution in [0.3, 0.4) is 0 Å². The summed E-state index contributed by atoms with van der Waals surface area (Å²) in [7, 11) is -3.72. The van der Waals surface area contributed by atoms with Gasteiger partial charge < -0.3 is 0 Å². The quantitative estimate of drug-likeness (QED) is 0.512. The zero-order valence-electron chi connectivity index (χ0n) is 14.8. The van der Waals surface area contributed by atoms with Crippen molar-refractivity contribution in [1.82, 2.24) is 0 Å². The van der Waals surface area contributed by atoms with Crippen molar-refractivity contribution in [3.8, 4) is 11.1 Å². The maximum Gasteiger partial charge on any atom is 0.277 e. The molecule has 3 aromatic carbocycles. The van der Waals surface area contributed by atoms with Gasteiger partial charge in [0.05, 0.1) is 15.4 Å². The van der Waals surface area contributed by atoms with Crippen molar-refractivity contribution in [2.24, 2.45) is 0 Å². The van der Waals surface area contributed by atoms with E-state index in [4.69, 9.17) is 0 Å². The van der Waals surface area contributed by atoms with Crippen LogP contribution in [0.1, 0.15) is 11.1 Å². The Morgan fingerprint density at radius 1 is 0.926 bits per heavy atom. The van der Waals surface area contributed by atoms with Gasteiger partial charge in [-0.3, -0.25) is 14.8 Å². The summed E-state index contributed by atoms with van der Waals surface area (Å²) < 4.78 is 27.9. The molecule has 7 heteroatoms. The Kier molecular flexibility index (Phi) is 4.96. The van der Waals surface area contributed by atoms with E-state index in [2.05, 4.69) is 4.72 Å². The second-order valence-corrected chi connectivity index (χ2v) is 7.88. The van der Waals surface area contributed by atoms with Crippen molar-refractivity contribution in [1.29, 1.82) is 0 Å². The van der Waals surface area contributed by atoms with Gasteiger partial charge in [-0.2, -0.15) is 0 Å². The summed E-state index contributed by atoms with van der Waals surface area (Å²) in [6, 6.07) is 18.2. The van der Waals surface area contributed by atoms with Crippen LogP contribution in [0.4, 0.5) is 11.4 Å². The first-order valence-corrected chi connectivity index (χ1v) is 9.70. The molecule has 0 heterocycles. The maximum atomic E-state index is 12.7. The molecule has 0 aliphatic heterocycles. The zero-order chi connectivity index (χ0) is 19.6. The fourth-order valence-electron chi connectivity index (χ4n) is 2.80. The molecule has 0 amide bonds. The van der Waals surface area contributed by atoms with Crippen LogP contribution in [0, 0.1) is 24.0 Å². The Labute approximate surface area is 157 Å². The Hall–Kier alpha value is -3.19. The first kappa shape index (κ1) is 18.6. The molecule has 0 saturated carbocycles. The average Bonchev–Trinajstić information content (AvgIpc) is 2.64. The minimum atomic E-state index is -3.72. The van der Waals surface area contributed by atoms with E-state index in [9.17, 15) is 18.5 Å². The lowest BCUT2D eigenvalue weighted by Gasteiger charge is -2.12. The highest BCUT2D eigenvalue weighted by atomic mass is 32.2. The van der Waals surface area contributed by atoms with E-state index in [1.54, 1.807) is 61.5 Å². The molecular formula is C20H18N2O4S. The number of nitro benzene ring substituents is 1. The Bertz CT molecular complexity index is 1110. The lowest BCUT2D eigenvalue weighted by atomic mass is 10.0. The van der Waals surface area contributed by atoms with E-state index in [1.165, 1.54) is 6.07 Å². The van der Waals surface area contributed by atoms with Gasteiger partial charge in [0.1, 0.15) is 0 Å². The summed E-state index contributed by atoms with van der Waals surface area (Å²) in [5.74, 6) is 0. The normalized spacial score (nSPS) is 11.2. The van der Waals surface area contributed by atoms with Crippen LogP contribution in [0.5, 0.6) is 0 Å². The van der Waals surface area contributed by atoms with Crippen molar-refractivity contribution in [2.45, 2.75) is 18.7 Å². The predicted octanol–water partition coefficient (Wildman–Crippen LogP) is 4.68. The molecule has 0 aliphatic carbocycles. The van der Waals surface area contributed by atoms with E-state index in [-0.39, 0.29) is 10.6 Å². The number of hydrogen-bond acceptors (Lipinski definition) is 4. The second-order valence-electron chi connectivity index (χ2n) is 6.23. The van der Waals surface area contributed by atoms with Crippen molar-refractivity contribution >= 4 is 21.4 Å². The fourth-order valence-corrected chi connectivity index (χ4v) is 4.19. The topological polar surface area (TPSA) is 89.3 Å². The number of nitrogens with one attached hydrogen (secondary N) is 1. The first-order valence-electron chi connectivity index (χ1n) is 8.22. The first-order chi connectivity index (χ1) is 12.8. The number of benzene rings is 3. The molecule has 0 aliphatic rings. The van der Waals surface area contributed by atoms with Crippen LogP contribution in [0.15, 0.2) is 71.6 Å². The molecule has 0 radical (unpaired) electrons. The zero-order valence-corrected chi connectivity index (χ0v) is 15.7. The smallest absolute Gasteiger partial charge is 0.277 e. The third-order valence-corrected chi connectivity index (χ3v) is 5.71. The van der Waals surface area contributed by atoms with Gasteiger partial charge in [0.25, 0.3) is 15.7 Å². The third kappa shape index (κ3) is 3.98. The third-order valence-electron chi connectivity index (χ3n) is 4.18. The number of para-hydroxylation sites is 1. The van der Waals surface area contributed by atoms with Crippen LogP contribution >= 0.6 is 0 Å². The molecule has 3 aromatic rings. The SMILES string of the molecule is Cc1ccc(C)c(S(=O)(=O)Nc2ccc(-c3ccccc3[N+](=O)[O-])cc2)c1. The lowest BCUT2D eigenvalue weighted by molar-refractivity contribution is -0.384. The molecule has 0 unspecified atom stereocenters. The van der Waals surface area contributed by atoms with E-state index >= 15 is 0 Å². The molecule has 0 fully saturated rings. The summed E-state index contributed by atoms with van der Waals surface area (Å²) in [5, 5.41) is 11.2. The molecular weight excluding hydrogens is 364 g/mol. The molecule has 0 atom stereocenters. The van der Waals surface area contributed by atoms with Crippen LogP contribution in [0.2, 0.25) is 0 Å². The van der Waals surface area contributed by atoms with Crippen LogP contribution in [-0.4, -0.2) is 13.3 Å². The van der Waals surface area contributed by atoms with Gasteiger partial charge in [0.2, 0.25) is 0 Å². The lowest BCUT2D eigenvalue weighted by Crippen LogP contribution is -2.14. The van der Waals surface area contributed by atoms with Crippen LogP contribution < -0.4 is 4.72 Å². The number of nitro groups is 1. The van der Waals surface area contributed by atoms with Gasteiger partial charge in [0, 0.05) is 11.8 Å². The number of sulfonamides is 1. The minimum absolute atomic E-state index is 0.00113. The molecule has 0 bridgehead atoms. The average molecular weight is 382 g/mol. The van der Waals surface area contributed by atoms with Crippen molar-refractivity contribution in [2.75, 3.05) is 4.72 Å². The molecule has 3 rings (SSSR count). The number of hydrogen-bond donors (Lipinski definition) is 1. The minimum Gasteiger partial charge on any atom is -0.280 e. The fraction of sp³-hybridized carbons (Fsp3) is 0.100. The van der Waals surface area contributed by atoms with E-state index in [0.717, 1.165) is 5.56 Å². The van der Waals surface area contributed by atoms with Gasteiger partial charge in [0.15, 0.2) is 0 Å². The standard InChI is InChI=1S/C20H18N2O4S/c1-14-7-8-15(2)20(13-14)27(25,26)21-17-11-9-16(10-12-17)18-5-3-4-6-19(18)22(23)24/h3-13,21H,1-2H3. The predicted molar refractivity (Wildman–Crippen MR) is 105 cm³/mol. The monoisotopic (exact) mass is 382 g/mol. The molecule has 27 heavy (non-hydrogen) atoms. The summed E-state index contributed by atoms with van der Waals surface area (Å²) in [6.45, 7) is 3.58. The second kappa shape index (κ2) is 7.20. The van der Waals surface area contributed by atoms with Gasteiger partial charge in [-0.05, 0) is 54.8 Å². The van der Waals surface area contributed by atoms with Gasteiger partial charge in [-0.25, -0.2) is 8.42 Å². The molecule has 0 aromatic heterocycles. The number of anilines is 1. The van der Waals surface area contributed by atoms with E-state index < -0.39 is 14.9 Å². The van der Waals surface area contributed by atoms with Gasteiger partial charge >= 0.3 is 0 Å². The summed E-state index contributed by atoms with van der Waals surface area (Å²) >= 11 is 0. The summed E-state index contributed by atoms with van der Waals surface area (Å²) in [6.07, 6.45) is 0. The Balaban J connectivity index is 1.91. The van der Waals surface area contributed by atoms with Crippen molar-refractivity contribution in [3.63, 3.8) is 0 Å². The van der Waals surface area contributed by atoms with E-state index in [0.29, 0.717) is 22.4 Å². The molecule has 138 valence electrons. The maximum absolute atomic E-state index is 12.7. The highest BCUT2D eigenvalue weighted by Crippen LogP contribution is 2.30. The number of rotatable bonds is 5. The van der Waals surface area contributed by atoms with Crippen molar-refractivity contribution < 1.29 is 13.3 Å². The molecule has 0 saturated heterocycles.